The largest absolute Gasteiger partial charge is 0.393 e. The number of aromatic nitrogens is 3. The van der Waals surface area contributed by atoms with Gasteiger partial charge in [0.2, 0.25) is 0 Å². The normalized spacial score (nSPS) is 23.4. The summed E-state index contributed by atoms with van der Waals surface area (Å²) in [5.41, 5.74) is 1.33. The van der Waals surface area contributed by atoms with Crippen LogP contribution in [0.25, 0.3) is 0 Å². The minimum atomic E-state index is -0.458. The van der Waals surface area contributed by atoms with Gasteiger partial charge in [-0.2, -0.15) is 0 Å². The second-order valence-electron chi connectivity index (χ2n) is 6.44. The van der Waals surface area contributed by atoms with Gasteiger partial charge in [-0.3, -0.25) is 4.79 Å². The zero-order valence-electron chi connectivity index (χ0n) is 13.7. The molecule has 3 rings (SSSR count). The van der Waals surface area contributed by atoms with Crippen LogP contribution in [0.2, 0.25) is 5.02 Å². The number of hydrogen-bond acceptors (Lipinski definition) is 4. The number of nitrogens with zero attached hydrogens (tertiary/aromatic N) is 3. The highest BCUT2D eigenvalue weighted by molar-refractivity contribution is 6.34. The van der Waals surface area contributed by atoms with Crippen molar-refractivity contribution in [1.82, 2.24) is 20.1 Å². The molecule has 1 amide bonds. The molecule has 1 fully saturated rings. The third kappa shape index (κ3) is 3.30. The van der Waals surface area contributed by atoms with Crippen LogP contribution in [0.15, 0.2) is 24.5 Å². The molecule has 1 aromatic carbocycles. The first-order chi connectivity index (χ1) is 11.5. The van der Waals surface area contributed by atoms with Gasteiger partial charge in [-0.25, -0.2) is 0 Å². The number of carbonyl (C=O) groups is 1. The molecule has 1 aliphatic carbocycles. The lowest BCUT2D eigenvalue weighted by atomic mass is 10.0. The van der Waals surface area contributed by atoms with Crippen molar-refractivity contribution in [2.24, 2.45) is 13.0 Å². The fourth-order valence-electron chi connectivity index (χ4n) is 3.34. The van der Waals surface area contributed by atoms with Gasteiger partial charge in [0.25, 0.3) is 5.91 Å². The molecule has 0 spiro atoms. The topological polar surface area (TPSA) is 80.0 Å². The molecule has 24 heavy (non-hydrogen) atoms. The summed E-state index contributed by atoms with van der Waals surface area (Å²) in [6, 6.07) is 5.38. The maximum absolute atomic E-state index is 12.3. The van der Waals surface area contributed by atoms with Crippen molar-refractivity contribution in [2.45, 2.75) is 31.8 Å². The monoisotopic (exact) mass is 348 g/mol. The number of aliphatic hydroxyl groups is 1. The Bertz CT molecular complexity index is 746. The Kier molecular flexibility index (Phi) is 4.87. The number of benzene rings is 1. The van der Waals surface area contributed by atoms with Crippen LogP contribution in [0.4, 0.5) is 0 Å². The lowest BCUT2D eigenvalue weighted by molar-refractivity contribution is 0.0917. The number of aliphatic hydroxyl groups excluding tert-OH is 1. The van der Waals surface area contributed by atoms with Gasteiger partial charge in [0.05, 0.1) is 16.7 Å². The van der Waals surface area contributed by atoms with Crippen LogP contribution in [-0.2, 0) is 7.05 Å². The Morgan fingerprint density at radius 2 is 2.25 bits per heavy atom. The summed E-state index contributed by atoms with van der Waals surface area (Å²) in [5, 5.41) is 21.7. The average Bonchev–Trinajstić information content (AvgIpc) is 3.13. The summed E-state index contributed by atoms with van der Waals surface area (Å²) in [6.07, 6.45) is 2.62. The van der Waals surface area contributed by atoms with Crippen molar-refractivity contribution in [3.8, 4) is 0 Å². The smallest absolute Gasteiger partial charge is 0.252 e. The van der Waals surface area contributed by atoms with Crippen molar-refractivity contribution in [1.29, 1.82) is 0 Å². The van der Waals surface area contributed by atoms with E-state index >= 15 is 0 Å². The van der Waals surface area contributed by atoms with Crippen LogP contribution in [-0.4, -0.2) is 38.4 Å². The Hall–Kier alpha value is -1.92. The standard InChI is InChI=1S/C17H21ClN4O2/c1-10-4-3-5-13(15(10)18)17(24)19-8-12-6-11(7-14(12)23)16-21-20-9-22(16)2/h3-5,9,11-12,14,23H,6-8H2,1-2H3,(H,19,24)/t11-,12+,14+/m0/s1. The Morgan fingerprint density at radius 3 is 2.96 bits per heavy atom. The highest BCUT2D eigenvalue weighted by Gasteiger charge is 2.36. The molecule has 6 nitrogen and oxygen atoms in total. The van der Waals surface area contributed by atoms with E-state index in [9.17, 15) is 9.90 Å². The van der Waals surface area contributed by atoms with E-state index in [1.165, 1.54) is 0 Å². The van der Waals surface area contributed by atoms with Crippen LogP contribution < -0.4 is 5.32 Å². The van der Waals surface area contributed by atoms with E-state index in [2.05, 4.69) is 15.5 Å². The molecule has 0 saturated heterocycles. The van der Waals surface area contributed by atoms with Gasteiger partial charge in [-0.1, -0.05) is 23.7 Å². The van der Waals surface area contributed by atoms with Crippen LogP contribution in [0.3, 0.4) is 0 Å². The first kappa shape index (κ1) is 16.9. The van der Waals surface area contributed by atoms with Crippen molar-refractivity contribution in [3.63, 3.8) is 0 Å². The molecule has 3 atom stereocenters. The number of aryl methyl sites for hydroxylation is 2. The van der Waals surface area contributed by atoms with Gasteiger partial charge >= 0.3 is 0 Å². The van der Waals surface area contributed by atoms with Crippen molar-refractivity contribution in [3.05, 3.63) is 46.5 Å². The first-order valence-corrected chi connectivity index (χ1v) is 8.40. The number of amides is 1. The second-order valence-corrected chi connectivity index (χ2v) is 6.82. The number of nitrogens with one attached hydrogen (secondary N) is 1. The van der Waals surface area contributed by atoms with E-state index < -0.39 is 6.10 Å². The molecule has 2 aromatic rings. The summed E-state index contributed by atoms with van der Waals surface area (Å²) in [6.45, 7) is 2.28. The highest BCUT2D eigenvalue weighted by atomic mass is 35.5. The number of rotatable bonds is 4. The van der Waals surface area contributed by atoms with Gasteiger partial charge in [-0.15, -0.1) is 10.2 Å². The zero-order valence-corrected chi connectivity index (χ0v) is 14.5. The molecule has 0 radical (unpaired) electrons. The van der Waals surface area contributed by atoms with Gasteiger partial charge < -0.3 is 15.0 Å². The zero-order chi connectivity index (χ0) is 17.3. The summed E-state index contributed by atoms with van der Waals surface area (Å²) in [4.78, 5) is 12.3. The van der Waals surface area contributed by atoms with E-state index in [1.54, 1.807) is 12.4 Å². The molecule has 1 aliphatic rings. The molecule has 1 heterocycles. The Labute approximate surface area is 145 Å². The predicted octanol–water partition coefficient (Wildman–Crippen LogP) is 2.06. The fraction of sp³-hybridized carbons (Fsp3) is 0.471. The van der Waals surface area contributed by atoms with Gasteiger partial charge in [0.15, 0.2) is 0 Å². The average molecular weight is 349 g/mol. The van der Waals surface area contributed by atoms with Crippen molar-refractivity contribution >= 4 is 17.5 Å². The van der Waals surface area contributed by atoms with Crippen LogP contribution in [0.5, 0.6) is 0 Å². The van der Waals surface area contributed by atoms with Crippen LogP contribution in [0, 0.1) is 12.8 Å². The molecule has 0 aliphatic heterocycles. The Balaban J connectivity index is 1.61. The molecule has 128 valence electrons. The maximum Gasteiger partial charge on any atom is 0.252 e. The maximum atomic E-state index is 12.3. The SMILES string of the molecule is Cc1cccc(C(=O)NC[C@H]2C[C@H](c3nncn3C)C[C@H]2O)c1Cl. The highest BCUT2D eigenvalue weighted by Crippen LogP contribution is 2.37. The molecule has 2 N–H and O–H groups in total. The lowest BCUT2D eigenvalue weighted by Crippen LogP contribution is -2.32. The van der Waals surface area contributed by atoms with Crippen LogP contribution in [0.1, 0.15) is 40.5 Å². The van der Waals surface area contributed by atoms with Crippen LogP contribution >= 0.6 is 11.6 Å². The predicted molar refractivity (Wildman–Crippen MR) is 91.0 cm³/mol. The molecular weight excluding hydrogens is 328 g/mol. The summed E-state index contributed by atoms with van der Waals surface area (Å²) < 4.78 is 1.88. The van der Waals surface area contributed by atoms with Crippen molar-refractivity contribution in [2.75, 3.05) is 6.54 Å². The minimum absolute atomic E-state index is 0.000709. The lowest BCUT2D eigenvalue weighted by Gasteiger charge is -2.15. The first-order valence-electron chi connectivity index (χ1n) is 8.02. The van der Waals surface area contributed by atoms with E-state index in [1.807, 2.05) is 30.7 Å². The molecule has 1 aromatic heterocycles. The molecule has 7 heteroatoms. The van der Waals surface area contributed by atoms with Gasteiger partial charge in [0.1, 0.15) is 12.2 Å². The molecule has 1 saturated carbocycles. The van der Waals surface area contributed by atoms with Gasteiger partial charge in [-0.05, 0) is 31.4 Å². The Morgan fingerprint density at radius 1 is 1.46 bits per heavy atom. The molecule has 0 unspecified atom stereocenters. The minimum Gasteiger partial charge on any atom is -0.393 e. The van der Waals surface area contributed by atoms with E-state index in [4.69, 9.17) is 11.6 Å². The van der Waals surface area contributed by atoms with E-state index in [0.29, 0.717) is 23.6 Å². The second kappa shape index (κ2) is 6.91. The number of hydrogen-bond donors (Lipinski definition) is 2. The number of carbonyl (C=O) groups excluding carboxylic acids is 1. The van der Waals surface area contributed by atoms with Crippen molar-refractivity contribution < 1.29 is 9.90 Å². The molecular formula is C17H21ClN4O2. The number of halogens is 1. The summed E-state index contributed by atoms with van der Waals surface area (Å²) in [5.74, 6) is 0.832. The van der Waals surface area contributed by atoms with E-state index in [0.717, 1.165) is 17.8 Å². The third-order valence-electron chi connectivity index (χ3n) is 4.73. The molecule has 0 bridgehead atoms. The summed E-state index contributed by atoms with van der Waals surface area (Å²) in [7, 11) is 1.90. The summed E-state index contributed by atoms with van der Waals surface area (Å²) >= 11 is 6.19. The fourth-order valence-corrected chi connectivity index (χ4v) is 3.55. The third-order valence-corrected chi connectivity index (χ3v) is 5.23. The quantitative estimate of drug-likeness (QED) is 0.886. The van der Waals surface area contributed by atoms with Gasteiger partial charge in [0, 0.05) is 25.4 Å². The van der Waals surface area contributed by atoms with E-state index in [-0.39, 0.29) is 17.7 Å².